The van der Waals surface area contributed by atoms with Crippen molar-refractivity contribution in [2.24, 2.45) is 0 Å². The number of rotatable bonds is 4. The van der Waals surface area contributed by atoms with Crippen molar-refractivity contribution >= 4 is 0 Å². The lowest BCUT2D eigenvalue weighted by Gasteiger charge is -2.07. The molecule has 78 valence electrons. The van der Waals surface area contributed by atoms with E-state index in [-0.39, 0.29) is 11.9 Å². The predicted octanol–water partition coefficient (Wildman–Crippen LogP) is 1.71. The zero-order valence-corrected chi connectivity index (χ0v) is 8.53. The number of aryl methyl sites for hydroxylation is 1. The summed E-state index contributed by atoms with van der Waals surface area (Å²) in [5, 5.41) is 18.5. The molecule has 0 spiro atoms. The van der Waals surface area contributed by atoms with Gasteiger partial charge in [0.25, 0.3) is 0 Å². The van der Waals surface area contributed by atoms with Gasteiger partial charge in [-0.1, -0.05) is 6.07 Å². The molecular formula is C11H16O3. The zero-order chi connectivity index (χ0) is 10.6. The van der Waals surface area contributed by atoms with Crippen LogP contribution in [0.5, 0.6) is 11.5 Å². The molecule has 1 aromatic rings. The minimum Gasteiger partial charge on any atom is -0.504 e. The number of methoxy groups -OCH3 is 1. The van der Waals surface area contributed by atoms with Gasteiger partial charge < -0.3 is 14.9 Å². The summed E-state index contributed by atoms with van der Waals surface area (Å²) in [7, 11) is 1.52. The minimum atomic E-state index is -0.296. The average Bonchev–Trinajstić information content (AvgIpc) is 2.16. The van der Waals surface area contributed by atoms with Crippen LogP contribution in [-0.2, 0) is 6.42 Å². The Balaban J connectivity index is 2.69. The Bertz CT molecular complexity index is 295. The van der Waals surface area contributed by atoms with Crippen LogP contribution in [0.4, 0.5) is 0 Å². The maximum absolute atomic E-state index is 9.34. The van der Waals surface area contributed by atoms with E-state index in [1.165, 1.54) is 7.11 Å². The van der Waals surface area contributed by atoms with E-state index in [9.17, 15) is 5.11 Å². The number of phenolic OH excluding ortho intramolecular Hbond substituents is 1. The molecule has 2 N–H and O–H groups in total. The normalized spacial score (nSPS) is 12.5. The van der Waals surface area contributed by atoms with Crippen LogP contribution in [0.25, 0.3) is 0 Å². The quantitative estimate of drug-likeness (QED) is 0.770. The topological polar surface area (TPSA) is 49.7 Å². The highest BCUT2D eigenvalue weighted by molar-refractivity contribution is 5.41. The molecule has 0 aliphatic carbocycles. The van der Waals surface area contributed by atoms with Gasteiger partial charge in [0.1, 0.15) is 0 Å². The summed E-state index contributed by atoms with van der Waals surface area (Å²) < 4.78 is 4.98. The summed E-state index contributed by atoms with van der Waals surface area (Å²) in [6.45, 7) is 1.76. The Hall–Kier alpha value is -1.22. The second-order valence-corrected chi connectivity index (χ2v) is 3.39. The molecule has 1 unspecified atom stereocenters. The van der Waals surface area contributed by atoms with Crippen LogP contribution >= 0.6 is 0 Å². The van der Waals surface area contributed by atoms with Crippen LogP contribution in [-0.4, -0.2) is 23.4 Å². The molecule has 0 aromatic heterocycles. The average molecular weight is 196 g/mol. The molecule has 0 saturated carbocycles. The van der Waals surface area contributed by atoms with Crippen molar-refractivity contribution in [3.8, 4) is 11.5 Å². The summed E-state index contributed by atoms with van der Waals surface area (Å²) >= 11 is 0. The lowest BCUT2D eigenvalue weighted by molar-refractivity contribution is 0.185. The van der Waals surface area contributed by atoms with Gasteiger partial charge in [0.15, 0.2) is 11.5 Å². The molecule has 0 bridgehead atoms. The minimum absolute atomic E-state index is 0.147. The van der Waals surface area contributed by atoms with Gasteiger partial charge in [-0.25, -0.2) is 0 Å². The van der Waals surface area contributed by atoms with Crippen molar-refractivity contribution in [3.63, 3.8) is 0 Å². The molecule has 0 amide bonds. The predicted molar refractivity (Wildman–Crippen MR) is 54.7 cm³/mol. The second-order valence-electron chi connectivity index (χ2n) is 3.39. The summed E-state index contributed by atoms with van der Waals surface area (Å²) in [5.41, 5.74) is 1.06. The first kappa shape index (κ1) is 10.9. The fraction of sp³-hybridized carbons (Fsp3) is 0.455. The van der Waals surface area contributed by atoms with Gasteiger partial charge in [-0.2, -0.15) is 0 Å². The number of aliphatic hydroxyl groups excluding tert-OH is 1. The Morgan fingerprint density at radius 3 is 2.71 bits per heavy atom. The van der Waals surface area contributed by atoms with Gasteiger partial charge in [-0.3, -0.25) is 0 Å². The van der Waals surface area contributed by atoms with Gasteiger partial charge in [0.2, 0.25) is 0 Å². The molecule has 0 radical (unpaired) electrons. The SMILES string of the molecule is COc1cc(CCC(C)O)ccc1O. The number of hydrogen-bond acceptors (Lipinski definition) is 3. The van der Waals surface area contributed by atoms with Crippen LogP contribution in [0, 0.1) is 0 Å². The Morgan fingerprint density at radius 1 is 1.43 bits per heavy atom. The lowest BCUT2D eigenvalue weighted by atomic mass is 10.1. The van der Waals surface area contributed by atoms with Gasteiger partial charge in [-0.15, -0.1) is 0 Å². The van der Waals surface area contributed by atoms with E-state index < -0.39 is 0 Å². The van der Waals surface area contributed by atoms with Gasteiger partial charge in [0.05, 0.1) is 13.2 Å². The fourth-order valence-corrected chi connectivity index (χ4v) is 1.25. The van der Waals surface area contributed by atoms with Crippen molar-refractivity contribution < 1.29 is 14.9 Å². The van der Waals surface area contributed by atoms with Gasteiger partial charge in [0, 0.05) is 0 Å². The van der Waals surface area contributed by atoms with Gasteiger partial charge >= 0.3 is 0 Å². The largest absolute Gasteiger partial charge is 0.504 e. The molecule has 0 saturated heterocycles. The maximum Gasteiger partial charge on any atom is 0.160 e. The summed E-state index contributed by atoms with van der Waals surface area (Å²) in [6.07, 6.45) is 1.21. The Morgan fingerprint density at radius 2 is 2.14 bits per heavy atom. The first-order valence-corrected chi connectivity index (χ1v) is 4.67. The third-order valence-electron chi connectivity index (χ3n) is 2.09. The van der Waals surface area contributed by atoms with Crippen LogP contribution in [0.15, 0.2) is 18.2 Å². The van der Waals surface area contributed by atoms with E-state index in [4.69, 9.17) is 9.84 Å². The molecule has 1 atom stereocenters. The molecule has 3 nitrogen and oxygen atoms in total. The fourth-order valence-electron chi connectivity index (χ4n) is 1.25. The summed E-state index contributed by atoms with van der Waals surface area (Å²) in [4.78, 5) is 0. The molecule has 0 heterocycles. The first-order chi connectivity index (χ1) is 6.63. The standard InChI is InChI=1S/C11H16O3/c1-8(12)3-4-9-5-6-10(13)11(7-9)14-2/h5-8,12-13H,3-4H2,1-2H3. The lowest BCUT2D eigenvalue weighted by Crippen LogP contribution is -2.01. The van der Waals surface area contributed by atoms with E-state index in [2.05, 4.69) is 0 Å². The molecule has 0 aliphatic heterocycles. The van der Waals surface area contributed by atoms with E-state index in [0.29, 0.717) is 12.2 Å². The zero-order valence-electron chi connectivity index (χ0n) is 8.53. The van der Waals surface area contributed by atoms with Crippen LogP contribution in [0.2, 0.25) is 0 Å². The first-order valence-electron chi connectivity index (χ1n) is 4.67. The molecule has 1 aromatic carbocycles. The van der Waals surface area contributed by atoms with Crippen LogP contribution in [0.3, 0.4) is 0 Å². The number of phenols is 1. The van der Waals surface area contributed by atoms with Crippen LogP contribution < -0.4 is 4.74 Å². The van der Waals surface area contributed by atoms with E-state index >= 15 is 0 Å². The van der Waals surface area contributed by atoms with Gasteiger partial charge in [-0.05, 0) is 37.5 Å². The summed E-state index contributed by atoms with van der Waals surface area (Å²) in [6, 6.07) is 5.23. The van der Waals surface area contributed by atoms with Crippen molar-refractivity contribution in [2.45, 2.75) is 25.9 Å². The number of aliphatic hydroxyl groups is 1. The number of hydrogen-bond donors (Lipinski definition) is 2. The molecule has 1 rings (SSSR count). The maximum atomic E-state index is 9.34. The Labute approximate surface area is 84.0 Å². The number of aromatic hydroxyl groups is 1. The molecule has 14 heavy (non-hydrogen) atoms. The van der Waals surface area contributed by atoms with Crippen molar-refractivity contribution in [1.82, 2.24) is 0 Å². The second kappa shape index (κ2) is 4.86. The van der Waals surface area contributed by atoms with Crippen LogP contribution in [0.1, 0.15) is 18.9 Å². The smallest absolute Gasteiger partial charge is 0.160 e. The van der Waals surface area contributed by atoms with E-state index in [0.717, 1.165) is 12.0 Å². The molecule has 0 aliphatic rings. The summed E-state index contributed by atoms with van der Waals surface area (Å²) in [5.74, 6) is 0.626. The van der Waals surface area contributed by atoms with Crippen molar-refractivity contribution in [1.29, 1.82) is 0 Å². The number of ether oxygens (including phenoxy) is 1. The highest BCUT2D eigenvalue weighted by atomic mass is 16.5. The highest BCUT2D eigenvalue weighted by Gasteiger charge is 2.03. The van der Waals surface area contributed by atoms with Crippen molar-refractivity contribution in [3.05, 3.63) is 23.8 Å². The molecule has 0 fully saturated rings. The van der Waals surface area contributed by atoms with Crippen molar-refractivity contribution in [2.75, 3.05) is 7.11 Å². The Kier molecular flexibility index (Phi) is 3.77. The highest BCUT2D eigenvalue weighted by Crippen LogP contribution is 2.26. The monoisotopic (exact) mass is 196 g/mol. The molecule has 3 heteroatoms. The third-order valence-corrected chi connectivity index (χ3v) is 2.09. The van der Waals surface area contributed by atoms with E-state index in [1.807, 2.05) is 6.07 Å². The number of benzene rings is 1. The van der Waals surface area contributed by atoms with E-state index in [1.54, 1.807) is 19.1 Å². The molecular weight excluding hydrogens is 180 g/mol. The third kappa shape index (κ3) is 2.92.